The number of hydrogen-bond acceptors (Lipinski definition) is 5. The summed E-state index contributed by atoms with van der Waals surface area (Å²) >= 11 is 0. The summed E-state index contributed by atoms with van der Waals surface area (Å²) in [6, 6.07) is 8.97. The largest absolute Gasteiger partial charge is 0.388 e. The lowest BCUT2D eigenvalue weighted by Crippen LogP contribution is -2.17. The lowest BCUT2D eigenvalue weighted by molar-refractivity contribution is 0.214. The fourth-order valence-corrected chi connectivity index (χ4v) is 1.74. The molecule has 1 atom stereocenters. The molecule has 0 aliphatic rings. The van der Waals surface area contributed by atoms with Crippen molar-refractivity contribution in [1.29, 1.82) is 0 Å². The molecule has 110 valence electrons. The summed E-state index contributed by atoms with van der Waals surface area (Å²) in [6.45, 7) is 5.65. The molecular formula is C14H19NO4S. The van der Waals surface area contributed by atoms with Crippen LogP contribution in [0.25, 0.3) is 0 Å². The van der Waals surface area contributed by atoms with Gasteiger partial charge in [0.1, 0.15) is 0 Å². The van der Waals surface area contributed by atoms with Crippen LogP contribution in [0.5, 0.6) is 0 Å². The second-order valence-corrected chi connectivity index (χ2v) is 5.97. The number of oxime groups is 1. The Balaban J connectivity index is 3.00. The maximum atomic E-state index is 11.0. The Morgan fingerprint density at radius 1 is 1.40 bits per heavy atom. The van der Waals surface area contributed by atoms with Crippen molar-refractivity contribution >= 4 is 15.8 Å². The molecule has 1 aromatic rings. The SMILES string of the molecule is C=C(CC)C(O)CC(=NOS(C)(=O)=O)c1ccccc1. The highest BCUT2D eigenvalue weighted by atomic mass is 32.2. The third kappa shape index (κ3) is 5.54. The van der Waals surface area contributed by atoms with Crippen LogP contribution in [0.1, 0.15) is 25.3 Å². The van der Waals surface area contributed by atoms with Crippen LogP contribution in [0, 0.1) is 0 Å². The molecule has 0 spiro atoms. The molecule has 0 saturated heterocycles. The van der Waals surface area contributed by atoms with Crippen LogP contribution in [-0.4, -0.2) is 31.6 Å². The van der Waals surface area contributed by atoms with Gasteiger partial charge in [-0.25, -0.2) is 0 Å². The predicted molar refractivity (Wildman–Crippen MR) is 79.0 cm³/mol. The van der Waals surface area contributed by atoms with Gasteiger partial charge in [-0.05, 0) is 17.6 Å². The molecule has 0 aliphatic heterocycles. The van der Waals surface area contributed by atoms with Gasteiger partial charge < -0.3 is 5.11 Å². The van der Waals surface area contributed by atoms with Crippen LogP contribution < -0.4 is 0 Å². The standard InChI is InChI=1S/C14H19NO4S/c1-4-11(2)14(16)10-13(15-19-20(3,17)18)12-8-6-5-7-9-12/h5-9,14,16H,2,4,10H2,1,3H3. The van der Waals surface area contributed by atoms with E-state index in [4.69, 9.17) is 0 Å². The molecule has 5 nitrogen and oxygen atoms in total. The third-order valence-corrected chi connectivity index (χ3v) is 3.05. The maximum absolute atomic E-state index is 11.0. The minimum Gasteiger partial charge on any atom is -0.388 e. The Labute approximate surface area is 119 Å². The first-order chi connectivity index (χ1) is 9.33. The van der Waals surface area contributed by atoms with E-state index in [0.717, 1.165) is 6.26 Å². The summed E-state index contributed by atoms with van der Waals surface area (Å²) in [7, 11) is -3.68. The van der Waals surface area contributed by atoms with Gasteiger partial charge in [-0.15, -0.1) is 0 Å². The van der Waals surface area contributed by atoms with Gasteiger partial charge in [-0.2, -0.15) is 8.42 Å². The van der Waals surface area contributed by atoms with Crippen molar-refractivity contribution in [2.24, 2.45) is 5.16 Å². The number of aliphatic hydroxyl groups excluding tert-OH is 1. The number of hydrogen-bond donors (Lipinski definition) is 1. The van der Waals surface area contributed by atoms with E-state index >= 15 is 0 Å². The topological polar surface area (TPSA) is 76.0 Å². The molecule has 0 aliphatic carbocycles. The van der Waals surface area contributed by atoms with E-state index in [1.165, 1.54) is 0 Å². The first kappa shape index (κ1) is 16.4. The second kappa shape index (κ2) is 7.21. The zero-order valence-corrected chi connectivity index (χ0v) is 12.4. The van der Waals surface area contributed by atoms with E-state index in [2.05, 4.69) is 16.0 Å². The summed E-state index contributed by atoms with van der Waals surface area (Å²) in [5.41, 5.74) is 1.71. The number of benzene rings is 1. The number of rotatable bonds is 7. The maximum Gasteiger partial charge on any atom is 0.325 e. The monoisotopic (exact) mass is 297 g/mol. The Morgan fingerprint density at radius 3 is 2.50 bits per heavy atom. The molecule has 0 aromatic heterocycles. The molecule has 0 fully saturated rings. The predicted octanol–water partition coefficient (Wildman–Crippen LogP) is 2.08. The smallest absolute Gasteiger partial charge is 0.325 e. The third-order valence-electron chi connectivity index (χ3n) is 2.70. The summed E-state index contributed by atoms with van der Waals surface area (Å²) in [4.78, 5) is 0. The molecule has 0 bridgehead atoms. The van der Waals surface area contributed by atoms with Gasteiger partial charge in [0, 0.05) is 6.42 Å². The molecule has 1 aromatic carbocycles. The Bertz CT molecular complexity index is 578. The van der Waals surface area contributed by atoms with E-state index in [0.29, 0.717) is 23.3 Å². The molecule has 0 radical (unpaired) electrons. The highest BCUT2D eigenvalue weighted by molar-refractivity contribution is 7.85. The van der Waals surface area contributed by atoms with Crippen molar-refractivity contribution in [1.82, 2.24) is 0 Å². The quantitative estimate of drug-likeness (QED) is 0.475. The van der Waals surface area contributed by atoms with Gasteiger partial charge in [-0.3, -0.25) is 4.28 Å². The molecule has 1 rings (SSSR count). The van der Waals surface area contributed by atoms with Crippen molar-refractivity contribution < 1.29 is 17.8 Å². The average Bonchev–Trinajstić information content (AvgIpc) is 2.42. The summed E-state index contributed by atoms with van der Waals surface area (Å²) in [6.07, 6.45) is 0.908. The first-order valence-electron chi connectivity index (χ1n) is 6.20. The lowest BCUT2D eigenvalue weighted by Gasteiger charge is -2.13. The van der Waals surface area contributed by atoms with Crippen LogP contribution >= 0.6 is 0 Å². The van der Waals surface area contributed by atoms with Crippen LogP contribution in [-0.2, 0) is 14.4 Å². The Hall–Kier alpha value is -1.66. The van der Waals surface area contributed by atoms with Gasteiger partial charge in [0.05, 0.1) is 18.1 Å². The second-order valence-electron chi connectivity index (χ2n) is 4.41. The van der Waals surface area contributed by atoms with Gasteiger partial charge >= 0.3 is 10.1 Å². The van der Waals surface area contributed by atoms with Gasteiger partial charge in [0.15, 0.2) is 0 Å². The molecule has 0 saturated carbocycles. The number of nitrogens with zero attached hydrogens (tertiary/aromatic N) is 1. The van der Waals surface area contributed by atoms with Crippen molar-refractivity contribution in [3.8, 4) is 0 Å². The van der Waals surface area contributed by atoms with Crippen molar-refractivity contribution in [3.63, 3.8) is 0 Å². The summed E-state index contributed by atoms with van der Waals surface area (Å²) in [5, 5.41) is 13.6. The normalized spacial score (nSPS) is 13.8. The highest BCUT2D eigenvalue weighted by Gasteiger charge is 2.14. The number of aliphatic hydroxyl groups is 1. The average molecular weight is 297 g/mol. The Kier molecular flexibility index (Phi) is 5.91. The molecule has 0 amide bonds. The summed E-state index contributed by atoms with van der Waals surface area (Å²) < 4.78 is 26.5. The van der Waals surface area contributed by atoms with Crippen molar-refractivity contribution in [2.45, 2.75) is 25.9 Å². The fourth-order valence-electron chi connectivity index (χ4n) is 1.51. The van der Waals surface area contributed by atoms with E-state index in [-0.39, 0.29) is 6.42 Å². The summed E-state index contributed by atoms with van der Waals surface area (Å²) in [5.74, 6) is 0. The molecular weight excluding hydrogens is 278 g/mol. The van der Waals surface area contributed by atoms with Crippen LogP contribution in [0.15, 0.2) is 47.6 Å². The van der Waals surface area contributed by atoms with E-state index < -0.39 is 16.2 Å². The molecule has 6 heteroatoms. The van der Waals surface area contributed by atoms with E-state index in [1.807, 2.05) is 13.0 Å². The molecule has 1 unspecified atom stereocenters. The Morgan fingerprint density at radius 2 is 2.00 bits per heavy atom. The molecule has 20 heavy (non-hydrogen) atoms. The minimum absolute atomic E-state index is 0.145. The minimum atomic E-state index is -3.68. The van der Waals surface area contributed by atoms with Crippen molar-refractivity contribution in [3.05, 3.63) is 48.0 Å². The first-order valence-corrected chi connectivity index (χ1v) is 8.01. The lowest BCUT2D eigenvalue weighted by atomic mass is 9.99. The van der Waals surface area contributed by atoms with Crippen LogP contribution in [0.2, 0.25) is 0 Å². The van der Waals surface area contributed by atoms with Gasteiger partial charge in [0.25, 0.3) is 0 Å². The van der Waals surface area contributed by atoms with E-state index in [1.54, 1.807) is 24.3 Å². The zero-order valence-electron chi connectivity index (χ0n) is 11.6. The zero-order chi connectivity index (χ0) is 15.2. The highest BCUT2D eigenvalue weighted by Crippen LogP contribution is 2.14. The van der Waals surface area contributed by atoms with Crippen LogP contribution in [0.4, 0.5) is 0 Å². The van der Waals surface area contributed by atoms with Crippen molar-refractivity contribution in [2.75, 3.05) is 6.26 Å². The fraction of sp³-hybridized carbons (Fsp3) is 0.357. The molecule has 0 heterocycles. The molecule has 1 N–H and O–H groups in total. The van der Waals surface area contributed by atoms with Gasteiger partial charge in [-0.1, -0.05) is 49.0 Å². The van der Waals surface area contributed by atoms with Gasteiger partial charge in [0.2, 0.25) is 0 Å². The van der Waals surface area contributed by atoms with Crippen LogP contribution in [0.3, 0.4) is 0 Å². The van der Waals surface area contributed by atoms with E-state index in [9.17, 15) is 13.5 Å².